The van der Waals surface area contributed by atoms with Crippen LogP contribution in [-0.2, 0) is 10.0 Å². The Labute approximate surface area is 154 Å². The van der Waals surface area contributed by atoms with E-state index in [0.717, 1.165) is 0 Å². The van der Waals surface area contributed by atoms with Crippen molar-refractivity contribution in [3.05, 3.63) is 53.7 Å². The molecule has 0 radical (unpaired) electrons. The van der Waals surface area contributed by atoms with Crippen LogP contribution in [0.4, 0.5) is 24.7 Å². The average Bonchev–Trinajstić information content (AvgIpc) is 2.60. The van der Waals surface area contributed by atoms with Crippen LogP contribution in [0.15, 0.2) is 47.7 Å². The Morgan fingerprint density at radius 3 is 2.44 bits per heavy atom. The summed E-state index contributed by atoms with van der Waals surface area (Å²) in [6, 6.07) is 9.33. The fourth-order valence-electron chi connectivity index (χ4n) is 2.25. The van der Waals surface area contributed by atoms with Crippen molar-refractivity contribution in [3.8, 4) is 0 Å². The molecule has 2 rings (SSSR count). The number of hydrogen-bond donors (Lipinski definition) is 1. The van der Waals surface area contributed by atoms with Crippen LogP contribution in [0.25, 0.3) is 0 Å². The summed E-state index contributed by atoms with van der Waals surface area (Å²) in [5.74, 6) is 5.83. The second-order valence-corrected chi connectivity index (χ2v) is 7.47. The van der Waals surface area contributed by atoms with Gasteiger partial charge >= 0.3 is 15.5 Å². The third-order valence-electron chi connectivity index (χ3n) is 3.61. The van der Waals surface area contributed by atoms with E-state index in [1.165, 1.54) is 30.1 Å². The molecule has 11 heteroatoms. The minimum atomic E-state index is -5.75. The van der Waals surface area contributed by atoms with E-state index < -0.39 is 15.5 Å². The largest absolute Gasteiger partial charge is 0.518 e. The predicted octanol–water partition coefficient (Wildman–Crippen LogP) is 2.78. The summed E-state index contributed by atoms with van der Waals surface area (Å²) in [4.78, 5) is 4.11. The van der Waals surface area contributed by atoms with Crippen molar-refractivity contribution < 1.29 is 21.6 Å². The van der Waals surface area contributed by atoms with Gasteiger partial charge in [-0.15, -0.1) is 0 Å². The Hall–Kier alpha value is -2.66. The van der Waals surface area contributed by atoms with E-state index >= 15 is 0 Å². The molecule has 0 fully saturated rings. The Kier molecular flexibility index (Phi) is 5.76. The van der Waals surface area contributed by atoms with Crippen molar-refractivity contribution in [2.75, 3.05) is 16.5 Å². The molecule has 1 aromatic heterocycles. The van der Waals surface area contributed by atoms with E-state index in [4.69, 9.17) is 5.84 Å². The van der Waals surface area contributed by atoms with Crippen LogP contribution in [0, 0.1) is 6.92 Å². The second kappa shape index (κ2) is 7.53. The minimum Gasteiger partial charge on any atom is -0.251 e. The average molecular weight is 401 g/mol. The fraction of sp³-hybridized carbons (Fsp3) is 0.250. The van der Waals surface area contributed by atoms with E-state index in [1.54, 1.807) is 38.4 Å². The van der Waals surface area contributed by atoms with Crippen LogP contribution in [0.3, 0.4) is 0 Å². The minimum absolute atomic E-state index is 0.146. The number of benzene rings is 1. The molecule has 2 aromatic rings. The van der Waals surface area contributed by atoms with Gasteiger partial charge in [0, 0.05) is 18.8 Å². The van der Waals surface area contributed by atoms with Crippen LogP contribution < -0.4 is 15.3 Å². The van der Waals surface area contributed by atoms with Gasteiger partial charge in [0.15, 0.2) is 0 Å². The SMILES string of the molecule is C/C(=N\N(C)c1ccccn1)c1cc(C)ccc1N(N)S(=O)(=O)C(F)(F)F. The Bertz CT molecular complexity index is 946. The molecule has 0 aliphatic carbocycles. The normalized spacial score (nSPS) is 12.8. The zero-order chi connectivity index (χ0) is 20.4. The maximum Gasteiger partial charge on any atom is 0.518 e. The quantitative estimate of drug-likeness (QED) is 0.473. The number of aryl methyl sites for hydroxylation is 1. The lowest BCUT2D eigenvalue weighted by Gasteiger charge is -2.23. The molecule has 146 valence electrons. The number of halogens is 3. The molecular weight excluding hydrogens is 383 g/mol. The summed E-state index contributed by atoms with van der Waals surface area (Å²) in [6.45, 7) is 3.24. The van der Waals surface area contributed by atoms with Gasteiger partial charge in [0.1, 0.15) is 5.82 Å². The van der Waals surface area contributed by atoms with Gasteiger partial charge in [0.05, 0.1) is 11.4 Å². The molecule has 27 heavy (non-hydrogen) atoms. The van der Waals surface area contributed by atoms with Crippen LogP contribution in [-0.4, -0.2) is 31.7 Å². The Balaban J connectivity index is 2.51. The number of nitrogens with zero attached hydrogens (tertiary/aromatic N) is 4. The zero-order valence-electron chi connectivity index (χ0n) is 14.8. The molecule has 0 amide bonds. The van der Waals surface area contributed by atoms with E-state index in [2.05, 4.69) is 10.1 Å². The predicted molar refractivity (Wildman–Crippen MR) is 97.7 cm³/mol. The number of aromatic nitrogens is 1. The van der Waals surface area contributed by atoms with E-state index in [-0.39, 0.29) is 21.4 Å². The number of anilines is 2. The first kappa shape index (κ1) is 20.6. The molecule has 0 bridgehead atoms. The van der Waals surface area contributed by atoms with Crippen LogP contribution >= 0.6 is 0 Å². The molecule has 0 unspecified atom stereocenters. The van der Waals surface area contributed by atoms with Crippen molar-refractivity contribution in [3.63, 3.8) is 0 Å². The van der Waals surface area contributed by atoms with Gasteiger partial charge in [-0.2, -0.15) is 31.1 Å². The van der Waals surface area contributed by atoms with Gasteiger partial charge in [-0.25, -0.2) is 10.8 Å². The molecular formula is C16H18F3N5O2S. The van der Waals surface area contributed by atoms with Crippen molar-refractivity contribution in [2.24, 2.45) is 10.9 Å². The van der Waals surface area contributed by atoms with Gasteiger partial charge < -0.3 is 0 Å². The van der Waals surface area contributed by atoms with Gasteiger partial charge in [-0.05, 0) is 38.1 Å². The molecule has 0 aliphatic heterocycles. The monoisotopic (exact) mass is 401 g/mol. The van der Waals surface area contributed by atoms with Crippen LogP contribution in [0.1, 0.15) is 18.1 Å². The molecule has 7 nitrogen and oxygen atoms in total. The highest BCUT2D eigenvalue weighted by atomic mass is 32.2. The molecule has 0 aliphatic rings. The summed E-state index contributed by atoms with van der Waals surface area (Å²) in [5.41, 5.74) is -4.77. The Morgan fingerprint density at radius 1 is 1.22 bits per heavy atom. The smallest absolute Gasteiger partial charge is 0.251 e. The summed E-state index contributed by atoms with van der Waals surface area (Å²) < 4.78 is 61.6. The molecule has 0 saturated carbocycles. The number of hydrazone groups is 1. The van der Waals surface area contributed by atoms with Crippen molar-refractivity contribution in [2.45, 2.75) is 19.4 Å². The fourth-order valence-corrected chi connectivity index (χ4v) is 2.89. The van der Waals surface area contributed by atoms with Crippen molar-refractivity contribution in [1.82, 2.24) is 4.98 Å². The van der Waals surface area contributed by atoms with Crippen LogP contribution in [0.2, 0.25) is 0 Å². The lowest BCUT2D eigenvalue weighted by molar-refractivity contribution is -0.0438. The second-order valence-electron chi connectivity index (χ2n) is 5.66. The van der Waals surface area contributed by atoms with E-state index in [0.29, 0.717) is 11.4 Å². The summed E-state index contributed by atoms with van der Waals surface area (Å²) in [6.07, 6.45) is 1.56. The third-order valence-corrected chi connectivity index (χ3v) is 4.91. The first-order valence-corrected chi connectivity index (χ1v) is 9.06. The topological polar surface area (TPSA) is 91.9 Å². The number of alkyl halides is 3. The number of pyridine rings is 1. The highest BCUT2D eigenvalue weighted by molar-refractivity contribution is 7.93. The maximum atomic E-state index is 12.9. The molecule has 2 N–H and O–H groups in total. The first-order valence-electron chi connectivity index (χ1n) is 7.62. The zero-order valence-corrected chi connectivity index (χ0v) is 15.6. The van der Waals surface area contributed by atoms with E-state index in [1.807, 2.05) is 0 Å². The summed E-state index contributed by atoms with van der Waals surface area (Å²) in [5, 5.41) is 5.69. The maximum absolute atomic E-state index is 12.9. The van der Waals surface area contributed by atoms with Gasteiger partial charge in [-0.1, -0.05) is 17.7 Å². The van der Waals surface area contributed by atoms with Crippen molar-refractivity contribution in [1.29, 1.82) is 0 Å². The number of rotatable bonds is 5. The highest BCUT2D eigenvalue weighted by Crippen LogP contribution is 2.31. The standard InChI is InChI=1S/C16H18F3N5O2S/c1-11-7-8-14(24(20)27(25,26)16(17,18)19)13(10-11)12(2)22-23(3)15-6-4-5-9-21-15/h4-10H,20H2,1-3H3/b22-12+. The number of hydrogen-bond acceptors (Lipinski definition) is 6. The number of sulfonamides is 1. The first-order chi connectivity index (χ1) is 12.4. The molecule has 1 aromatic carbocycles. The molecule has 1 heterocycles. The summed E-state index contributed by atoms with van der Waals surface area (Å²) >= 11 is 0. The Morgan fingerprint density at radius 2 is 1.89 bits per heavy atom. The summed E-state index contributed by atoms with van der Waals surface area (Å²) in [7, 11) is -4.14. The number of hydrazine groups is 1. The van der Waals surface area contributed by atoms with E-state index in [9.17, 15) is 21.6 Å². The van der Waals surface area contributed by atoms with Crippen molar-refractivity contribution >= 4 is 27.2 Å². The highest BCUT2D eigenvalue weighted by Gasteiger charge is 2.50. The van der Waals surface area contributed by atoms with Gasteiger partial charge in [0.25, 0.3) is 0 Å². The molecule has 0 saturated heterocycles. The lowest BCUT2D eigenvalue weighted by Crippen LogP contribution is -2.46. The van der Waals surface area contributed by atoms with Gasteiger partial charge in [-0.3, -0.25) is 5.01 Å². The molecule has 0 spiro atoms. The molecule has 0 atom stereocenters. The van der Waals surface area contributed by atoms with Gasteiger partial charge in [0.2, 0.25) is 0 Å². The van der Waals surface area contributed by atoms with Crippen LogP contribution in [0.5, 0.6) is 0 Å². The number of nitrogens with two attached hydrogens (primary N) is 1. The third kappa shape index (κ3) is 4.37. The lowest BCUT2D eigenvalue weighted by atomic mass is 10.1.